The number of fused-ring (bicyclic) bond motifs is 1. The van der Waals surface area contributed by atoms with E-state index in [4.69, 9.17) is 9.84 Å². The van der Waals surface area contributed by atoms with Crippen molar-refractivity contribution in [2.45, 2.75) is 45.1 Å². The molecule has 0 saturated heterocycles. The molecule has 1 aliphatic carbocycles. The van der Waals surface area contributed by atoms with Crippen LogP contribution in [0.1, 0.15) is 39.0 Å². The number of carbonyl (C=O) groups excluding carboxylic acids is 1. The molecule has 0 saturated carbocycles. The third kappa shape index (κ3) is 2.76. The molecule has 0 aromatic heterocycles. The van der Waals surface area contributed by atoms with E-state index < -0.39 is 23.1 Å². The predicted molar refractivity (Wildman–Crippen MR) is 72.1 cm³/mol. The quantitative estimate of drug-likeness (QED) is 0.596. The van der Waals surface area contributed by atoms with E-state index in [-0.39, 0.29) is 6.10 Å². The number of carboxylic acid groups (broad SMARTS) is 1. The molecular weight excluding hydrogens is 260 g/mol. The Morgan fingerprint density at radius 3 is 2.85 bits per heavy atom. The second-order valence-electron chi connectivity index (χ2n) is 5.05. The van der Waals surface area contributed by atoms with Gasteiger partial charge in [-0.2, -0.15) is 0 Å². The first-order chi connectivity index (χ1) is 9.54. The number of aliphatic hydroxyl groups is 1. The molecule has 1 aliphatic heterocycles. The van der Waals surface area contributed by atoms with E-state index in [0.717, 1.165) is 25.7 Å². The van der Waals surface area contributed by atoms with Crippen molar-refractivity contribution in [2.75, 3.05) is 0 Å². The molecule has 0 aromatic carbocycles. The Kier molecular flexibility index (Phi) is 4.27. The maximum Gasteiger partial charge on any atom is 0.343 e. The minimum absolute atomic E-state index is 0.0106. The first kappa shape index (κ1) is 14.4. The van der Waals surface area contributed by atoms with Gasteiger partial charge in [-0.05, 0) is 24.5 Å². The summed E-state index contributed by atoms with van der Waals surface area (Å²) in [6.07, 6.45) is 7.37. The molecule has 0 spiro atoms. The molecule has 0 radical (unpaired) electrons. The Balaban J connectivity index is 2.17. The van der Waals surface area contributed by atoms with Gasteiger partial charge in [-0.15, -0.1) is 0 Å². The maximum absolute atomic E-state index is 11.7. The summed E-state index contributed by atoms with van der Waals surface area (Å²) in [7, 11) is 0. The Hall–Kier alpha value is -2.04. The van der Waals surface area contributed by atoms with Crippen molar-refractivity contribution in [1.29, 1.82) is 0 Å². The molecule has 2 rings (SSSR count). The van der Waals surface area contributed by atoms with Crippen LogP contribution in [0.4, 0.5) is 0 Å². The summed E-state index contributed by atoms with van der Waals surface area (Å²) in [5, 5.41) is 18.8. The van der Waals surface area contributed by atoms with Crippen LogP contribution in [0, 0.1) is 0 Å². The van der Waals surface area contributed by atoms with Crippen LogP contribution in [0.3, 0.4) is 0 Å². The smallest absolute Gasteiger partial charge is 0.343 e. The number of ether oxygens (including phenoxy) is 1. The van der Waals surface area contributed by atoms with Crippen molar-refractivity contribution in [2.24, 2.45) is 0 Å². The van der Waals surface area contributed by atoms with Gasteiger partial charge in [0, 0.05) is 6.42 Å². The van der Waals surface area contributed by atoms with E-state index >= 15 is 0 Å². The molecule has 1 atom stereocenters. The Morgan fingerprint density at radius 1 is 1.45 bits per heavy atom. The van der Waals surface area contributed by atoms with Gasteiger partial charge in [-0.1, -0.05) is 19.8 Å². The fourth-order valence-corrected chi connectivity index (χ4v) is 2.47. The fraction of sp³-hybridized carbons (Fsp3) is 0.467. The molecule has 0 fully saturated rings. The number of unbranched alkanes of at least 4 members (excludes halogenated alkanes) is 2. The van der Waals surface area contributed by atoms with E-state index in [2.05, 4.69) is 6.92 Å². The molecule has 0 bridgehead atoms. The summed E-state index contributed by atoms with van der Waals surface area (Å²) in [5.41, 5.74) is 0.382. The van der Waals surface area contributed by atoms with E-state index in [1.54, 1.807) is 0 Å². The highest BCUT2D eigenvalue weighted by molar-refractivity contribution is 6.23. The third-order valence-corrected chi connectivity index (χ3v) is 3.56. The average molecular weight is 278 g/mol. The molecule has 2 aliphatic rings. The number of rotatable bonds is 5. The van der Waals surface area contributed by atoms with Gasteiger partial charge in [-0.3, -0.25) is 4.79 Å². The van der Waals surface area contributed by atoms with Gasteiger partial charge >= 0.3 is 5.97 Å². The Bertz CT molecular complexity index is 524. The van der Waals surface area contributed by atoms with Crippen LogP contribution >= 0.6 is 0 Å². The molecule has 2 N–H and O–H groups in total. The highest BCUT2D eigenvalue weighted by Gasteiger charge is 2.33. The molecule has 108 valence electrons. The van der Waals surface area contributed by atoms with Crippen LogP contribution in [-0.2, 0) is 14.3 Å². The number of aliphatic hydroxyl groups excluding tert-OH is 1. The van der Waals surface area contributed by atoms with Crippen LogP contribution in [0.2, 0.25) is 0 Å². The standard InChI is InChI=1S/C15H18O5/c1-2-3-4-5-10-6-9-7-12(16)13(15(18)19)14(17)11(9)8-20-10/h7-8,10,17H,2-6H2,1H3,(H,18,19)/t10-/m1/s1. The summed E-state index contributed by atoms with van der Waals surface area (Å²) >= 11 is 0. The zero-order chi connectivity index (χ0) is 14.7. The second kappa shape index (κ2) is 5.94. The SMILES string of the molecule is CCCCC[C@@H]1CC2=CC(=O)C(C(=O)O)=C(O)C2=CO1. The minimum atomic E-state index is -1.42. The van der Waals surface area contributed by atoms with Crippen molar-refractivity contribution < 1.29 is 24.5 Å². The summed E-state index contributed by atoms with van der Waals surface area (Å²) < 4.78 is 5.53. The first-order valence-electron chi connectivity index (χ1n) is 6.82. The normalized spacial score (nSPS) is 21.9. The molecule has 1 heterocycles. The van der Waals surface area contributed by atoms with Crippen molar-refractivity contribution in [3.05, 3.63) is 34.8 Å². The van der Waals surface area contributed by atoms with Crippen molar-refractivity contribution in [1.82, 2.24) is 0 Å². The summed E-state index contributed by atoms with van der Waals surface area (Å²) in [4.78, 5) is 22.7. The fourth-order valence-electron chi connectivity index (χ4n) is 2.47. The van der Waals surface area contributed by atoms with Crippen LogP contribution < -0.4 is 0 Å². The van der Waals surface area contributed by atoms with Gasteiger partial charge in [0.2, 0.25) is 0 Å². The third-order valence-electron chi connectivity index (χ3n) is 3.56. The van der Waals surface area contributed by atoms with Crippen molar-refractivity contribution in [3.8, 4) is 0 Å². The largest absolute Gasteiger partial charge is 0.506 e. The van der Waals surface area contributed by atoms with Gasteiger partial charge < -0.3 is 14.9 Å². The van der Waals surface area contributed by atoms with Gasteiger partial charge in [0.1, 0.15) is 17.4 Å². The Morgan fingerprint density at radius 2 is 2.20 bits per heavy atom. The van der Waals surface area contributed by atoms with E-state index in [1.165, 1.54) is 12.3 Å². The number of hydrogen-bond donors (Lipinski definition) is 2. The molecule has 5 nitrogen and oxygen atoms in total. The van der Waals surface area contributed by atoms with E-state index in [9.17, 15) is 14.7 Å². The van der Waals surface area contributed by atoms with Gasteiger partial charge in [-0.25, -0.2) is 4.79 Å². The topological polar surface area (TPSA) is 83.8 Å². The highest BCUT2D eigenvalue weighted by atomic mass is 16.5. The second-order valence-corrected chi connectivity index (χ2v) is 5.05. The molecule has 5 heteroatoms. The number of aliphatic carboxylic acids is 1. The lowest BCUT2D eigenvalue weighted by Crippen LogP contribution is -2.24. The lowest BCUT2D eigenvalue weighted by Gasteiger charge is -2.27. The van der Waals surface area contributed by atoms with Crippen LogP contribution in [0.5, 0.6) is 0 Å². The zero-order valence-electron chi connectivity index (χ0n) is 11.4. The number of carboxylic acids is 1. The van der Waals surface area contributed by atoms with Crippen LogP contribution in [-0.4, -0.2) is 28.1 Å². The molecule has 0 amide bonds. The van der Waals surface area contributed by atoms with E-state index in [0.29, 0.717) is 17.6 Å². The first-order valence-corrected chi connectivity index (χ1v) is 6.82. The van der Waals surface area contributed by atoms with Crippen molar-refractivity contribution >= 4 is 11.8 Å². The van der Waals surface area contributed by atoms with Crippen LogP contribution in [0.15, 0.2) is 34.8 Å². The molecular formula is C15H18O5. The molecule has 0 unspecified atom stereocenters. The summed E-state index contributed by atoms with van der Waals surface area (Å²) in [6.45, 7) is 2.12. The highest BCUT2D eigenvalue weighted by Crippen LogP contribution is 2.34. The number of allylic oxidation sites excluding steroid dienone is 2. The summed E-state index contributed by atoms with van der Waals surface area (Å²) in [5.74, 6) is -2.57. The number of carbonyl (C=O) groups is 2. The van der Waals surface area contributed by atoms with E-state index in [1.807, 2.05) is 0 Å². The monoisotopic (exact) mass is 278 g/mol. The number of hydrogen-bond acceptors (Lipinski definition) is 4. The number of ketones is 1. The Labute approximate surface area is 117 Å². The average Bonchev–Trinajstić information content (AvgIpc) is 2.38. The maximum atomic E-state index is 11.7. The molecule has 0 aromatic rings. The van der Waals surface area contributed by atoms with Crippen molar-refractivity contribution in [3.63, 3.8) is 0 Å². The molecule has 20 heavy (non-hydrogen) atoms. The van der Waals surface area contributed by atoms with Gasteiger partial charge in [0.25, 0.3) is 0 Å². The lowest BCUT2D eigenvalue weighted by molar-refractivity contribution is -0.134. The minimum Gasteiger partial charge on any atom is -0.506 e. The van der Waals surface area contributed by atoms with Gasteiger partial charge in [0.05, 0.1) is 11.8 Å². The van der Waals surface area contributed by atoms with Gasteiger partial charge in [0.15, 0.2) is 5.78 Å². The van der Waals surface area contributed by atoms with Crippen LogP contribution in [0.25, 0.3) is 0 Å². The predicted octanol–water partition coefficient (Wildman–Crippen LogP) is 2.65. The zero-order valence-corrected chi connectivity index (χ0v) is 11.4. The lowest BCUT2D eigenvalue weighted by atomic mass is 9.87. The summed E-state index contributed by atoms with van der Waals surface area (Å²) in [6, 6.07) is 0.